The number of benzene rings is 2. The standard InChI is InChI=1S/C23H25Cl2N3O4/c1-15-4-3-5-16(2)22(15)26-20(29)13-27-8-10-28(11-9-27)21(30)14-32-23(31)17-6-7-18(24)19(25)12-17/h3-7,12H,8-11,13-14H2,1-2H3,(H,26,29). The quantitative estimate of drug-likeness (QED) is 0.643. The molecule has 0 saturated carbocycles. The molecule has 2 aromatic rings. The zero-order valence-electron chi connectivity index (χ0n) is 18.0. The Bertz CT molecular complexity index is 1000. The largest absolute Gasteiger partial charge is 0.452 e. The summed E-state index contributed by atoms with van der Waals surface area (Å²) in [4.78, 5) is 40.6. The lowest BCUT2D eigenvalue weighted by Gasteiger charge is -2.34. The molecule has 32 heavy (non-hydrogen) atoms. The lowest BCUT2D eigenvalue weighted by molar-refractivity contribution is -0.136. The van der Waals surface area contributed by atoms with Crippen LogP contribution in [-0.4, -0.2) is 66.9 Å². The molecule has 0 atom stereocenters. The van der Waals surface area contributed by atoms with Crippen molar-refractivity contribution in [2.45, 2.75) is 13.8 Å². The molecule has 2 aromatic carbocycles. The van der Waals surface area contributed by atoms with Crippen LogP contribution in [0.5, 0.6) is 0 Å². The first-order valence-electron chi connectivity index (χ1n) is 10.2. The van der Waals surface area contributed by atoms with Crippen molar-refractivity contribution in [1.82, 2.24) is 9.80 Å². The van der Waals surface area contributed by atoms with E-state index in [0.717, 1.165) is 16.8 Å². The molecule has 0 bridgehead atoms. The minimum atomic E-state index is -0.640. The van der Waals surface area contributed by atoms with E-state index < -0.39 is 5.97 Å². The molecule has 0 spiro atoms. The number of nitrogens with one attached hydrogen (secondary N) is 1. The molecule has 1 N–H and O–H groups in total. The van der Waals surface area contributed by atoms with Gasteiger partial charge in [-0.1, -0.05) is 41.4 Å². The number of nitrogens with zero attached hydrogens (tertiary/aromatic N) is 2. The van der Waals surface area contributed by atoms with Gasteiger partial charge in [0.05, 0.1) is 22.2 Å². The third-order valence-corrected chi connectivity index (χ3v) is 6.06. The molecular weight excluding hydrogens is 453 g/mol. The van der Waals surface area contributed by atoms with Gasteiger partial charge in [-0.25, -0.2) is 4.79 Å². The summed E-state index contributed by atoms with van der Waals surface area (Å²) >= 11 is 11.7. The molecule has 1 aliphatic heterocycles. The van der Waals surface area contributed by atoms with Gasteiger partial charge in [-0.3, -0.25) is 14.5 Å². The Labute approximate surface area is 197 Å². The summed E-state index contributed by atoms with van der Waals surface area (Å²) in [6.45, 7) is 5.86. The van der Waals surface area contributed by atoms with E-state index in [1.165, 1.54) is 18.2 Å². The second-order valence-corrected chi connectivity index (χ2v) is 8.49. The smallest absolute Gasteiger partial charge is 0.338 e. The molecule has 170 valence electrons. The van der Waals surface area contributed by atoms with Crippen molar-refractivity contribution < 1.29 is 19.1 Å². The average Bonchev–Trinajstić information content (AvgIpc) is 2.77. The van der Waals surface area contributed by atoms with Gasteiger partial charge in [-0.05, 0) is 43.2 Å². The van der Waals surface area contributed by atoms with Crippen molar-refractivity contribution in [1.29, 1.82) is 0 Å². The van der Waals surface area contributed by atoms with Crippen molar-refractivity contribution in [3.05, 3.63) is 63.1 Å². The fourth-order valence-electron chi connectivity index (χ4n) is 3.47. The Hall–Kier alpha value is -2.61. The fourth-order valence-corrected chi connectivity index (χ4v) is 3.77. The van der Waals surface area contributed by atoms with Gasteiger partial charge in [-0.2, -0.15) is 0 Å². The number of hydrogen-bond donors (Lipinski definition) is 1. The monoisotopic (exact) mass is 477 g/mol. The predicted molar refractivity (Wildman–Crippen MR) is 124 cm³/mol. The highest BCUT2D eigenvalue weighted by molar-refractivity contribution is 6.42. The number of ether oxygens (including phenoxy) is 1. The fraction of sp³-hybridized carbons (Fsp3) is 0.348. The molecule has 9 heteroatoms. The zero-order chi connectivity index (χ0) is 23.3. The molecule has 0 aliphatic carbocycles. The maximum atomic E-state index is 12.4. The van der Waals surface area contributed by atoms with E-state index in [-0.39, 0.29) is 35.6 Å². The van der Waals surface area contributed by atoms with Crippen LogP contribution in [0.25, 0.3) is 0 Å². The van der Waals surface area contributed by atoms with Crippen LogP contribution in [0.4, 0.5) is 5.69 Å². The van der Waals surface area contributed by atoms with Crippen LogP contribution >= 0.6 is 23.2 Å². The van der Waals surface area contributed by atoms with Gasteiger partial charge in [0, 0.05) is 31.9 Å². The first-order valence-corrected chi connectivity index (χ1v) is 11.0. The van der Waals surface area contributed by atoms with Crippen molar-refractivity contribution in [3.63, 3.8) is 0 Å². The number of esters is 1. The molecule has 7 nitrogen and oxygen atoms in total. The lowest BCUT2D eigenvalue weighted by Crippen LogP contribution is -2.51. The first-order chi connectivity index (χ1) is 15.2. The number of para-hydroxylation sites is 1. The van der Waals surface area contributed by atoms with E-state index in [0.29, 0.717) is 31.2 Å². The van der Waals surface area contributed by atoms with E-state index in [4.69, 9.17) is 27.9 Å². The number of halogens is 2. The first kappa shape index (κ1) is 24.0. The number of hydrogen-bond acceptors (Lipinski definition) is 5. The van der Waals surface area contributed by atoms with Crippen LogP contribution in [0, 0.1) is 13.8 Å². The van der Waals surface area contributed by atoms with E-state index >= 15 is 0 Å². The van der Waals surface area contributed by atoms with Gasteiger partial charge in [0.2, 0.25) is 5.91 Å². The maximum Gasteiger partial charge on any atom is 0.338 e. The molecule has 0 unspecified atom stereocenters. The normalized spacial score (nSPS) is 14.2. The minimum absolute atomic E-state index is 0.0854. The van der Waals surface area contributed by atoms with Gasteiger partial charge >= 0.3 is 5.97 Å². The van der Waals surface area contributed by atoms with Gasteiger partial charge in [-0.15, -0.1) is 0 Å². The van der Waals surface area contributed by atoms with Gasteiger partial charge in [0.15, 0.2) is 6.61 Å². The third kappa shape index (κ3) is 6.22. The van der Waals surface area contributed by atoms with Crippen LogP contribution in [0.2, 0.25) is 10.0 Å². The average molecular weight is 478 g/mol. The highest BCUT2D eigenvalue weighted by Crippen LogP contribution is 2.23. The van der Waals surface area contributed by atoms with Crippen LogP contribution in [0.15, 0.2) is 36.4 Å². The molecule has 1 fully saturated rings. The Morgan fingerprint density at radius 3 is 2.25 bits per heavy atom. The van der Waals surface area contributed by atoms with Crippen molar-refractivity contribution in [2.24, 2.45) is 0 Å². The summed E-state index contributed by atoms with van der Waals surface area (Å²) in [7, 11) is 0. The van der Waals surface area contributed by atoms with E-state index in [2.05, 4.69) is 5.32 Å². The Morgan fingerprint density at radius 2 is 1.62 bits per heavy atom. The van der Waals surface area contributed by atoms with Gasteiger partial charge < -0.3 is 15.0 Å². The van der Waals surface area contributed by atoms with E-state index in [1.807, 2.05) is 36.9 Å². The van der Waals surface area contributed by atoms with Gasteiger partial charge in [0.1, 0.15) is 0 Å². The Morgan fingerprint density at radius 1 is 0.969 bits per heavy atom. The number of carbonyl (C=O) groups is 3. The van der Waals surface area contributed by atoms with E-state index in [1.54, 1.807) is 4.90 Å². The minimum Gasteiger partial charge on any atom is -0.452 e. The van der Waals surface area contributed by atoms with Crippen LogP contribution in [0.1, 0.15) is 21.5 Å². The summed E-state index contributed by atoms with van der Waals surface area (Å²) < 4.78 is 5.11. The van der Waals surface area contributed by atoms with Crippen LogP contribution in [-0.2, 0) is 14.3 Å². The highest BCUT2D eigenvalue weighted by Gasteiger charge is 2.24. The van der Waals surface area contributed by atoms with Crippen molar-refractivity contribution in [3.8, 4) is 0 Å². The van der Waals surface area contributed by atoms with Crippen molar-refractivity contribution in [2.75, 3.05) is 44.6 Å². The molecule has 1 heterocycles. The predicted octanol–water partition coefficient (Wildman–Crippen LogP) is 3.55. The molecule has 0 radical (unpaired) electrons. The summed E-state index contributed by atoms with van der Waals surface area (Å²) in [5.74, 6) is -1.01. The summed E-state index contributed by atoms with van der Waals surface area (Å²) in [6, 6.07) is 10.3. The Kier molecular flexibility index (Phi) is 8.12. The number of aryl methyl sites for hydroxylation is 2. The highest BCUT2D eigenvalue weighted by atomic mass is 35.5. The molecule has 3 rings (SSSR count). The molecule has 2 amide bonds. The van der Waals surface area contributed by atoms with Crippen LogP contribution in [0.3, 0.4) is 0 Å². The summed E-state index contributed by atoms with van der Waals surface area (Å²) in [6.07, 6.45) is 0. The summed E-state index contributed by atoms with van der Waals surface area (Å²) in [5.41, 5.74) is 3.11. The SMILES string of the molecule is Cc1cccc(C)c1NC(=O)CN1CCN(C(=O)COC(=O)c2ccc(Cl)c(Cl)c2)CC1. The number of piperazine rings is 1. The third-order valence-electron chi connectivity index (χ3n) is 5.32. The lowest BCUT2D eigenvalue weighted by atomic mass is 10.1. The molecule has 1 saturated heterocycles. The Balaban J connectivity index is 1.42. The second kappa shape index (κ2) is 10.8. The second-order valence-electron chi connectivity index (χ2n) is 7.68. The molecule has 0 aromatic heterocycles. The van der Waals surface area contributed by atoms with Gasteiger partial charge in [0.25, 0.3) is 5.91 Å². The topological polar surface area (TPSA) is 79.0 Å². The van der Waals surface area contributed by atoms with Crippen molar-refractivity contribution >= 4 is 46.7 Å². The maximum absolute atomic E-state index is 12.4. The van der Waals surface area contributed by atoms with Crippen LogP contribution < -0.4 is 5.32 Å². The summed E-state index contributed by atoms with van der Waals surface area (Å²) in [5, 5.41) is 3.55. The van der Waals surface area contributed by atoms with E-state index in [9.17, 15) is 14.4 Å². The number of rotatable bonds is 6. The molecule has 1 aliphatic rings. The number of anilines is 1. The zero-order valence-corrected chi connectivity index (χ0v) is 19.5. The molecular formula is C23H25Cl2N3O4. The number of amides is 2. The number of carbonyl (C=O) groups excluding carboxylic acids is 3.